The average Bonchev–Trinajstić information content (AvgIpc) is 3.10. The zero-order valence-corrected chi connectivity index (χ0v) is 11.9. The van der Waals surface area contributed by atoms with Crippen LogP contribution < -0.4 is 5.73 Å². The van der Waals surface area contributed by atoms with Gasteiger partial charge in [-0.25, -0.2) is 9.67 Å². The van der Waals surface area contributed by atoms with Gasteiger partial charge in [0.15, 0.2) is 0 Å². The van der Waals surface area contributed by atoms with Crippen molar-refractivity contribution in [3.05, 3.63) is 47.5 Å². The lowest BCUT2D eigenvalue weighted by atomic mass is 9.78. The van der Waals surface area contributed by atoms with E-state index in [1.54, 1.807) is 0 Å². The molecule has 0 aliphatic heterocycles. The van der Waals surface area contributed by atoms with Gasteiger partial charge in [-0.2, -0.15) is 10.4 Å². The molecule has 0 aliphatic rings. The van der Waals surface area contributed by atoms with Crippen LogP contribution >= 0.6 is 0 Å². The number of carbonyl (C=O) groups is 1. The van der Waals surface area contributed by atoms with E-state index in [-0.39, 0.29) is 12.1 Å². The maximum Gasteiger partial charge on any atom is 0.227 e. The van der Waals surface area contributed by atoms with Crippen LogP contribution in [0.1, 0.15) is 60.5 Å². The summed E-state index contributed by atoms with van der Waals surface area (Å²) in [7, 11) is 0. The van der Waals surface area contributed by atoms with E-state index in [0.717, 1.165) is 18.5 Å². The van der Waals surface area contributed by atoms with Crippen molar-refractivity contribution in [3.63, 3.8) is 0 Å². The maximum absolute atomic E-state index is 12.6. The summed E-state index contributed by atoms with van der Waals surface area (Å²) >= 11 is 0. The number of benzene rings is 1. The smallest absolute Gasteiger partial charge is 0.227 e. The Bertz CT molecular complexity index is 1090. The second-order valence-electron chi connectivity index (χ2n) is 4.99. The van der Waals surface area contributed by atoms with Crippen molar-refractivity contribution in [1.29, 1.82) is 5.26 Å². The number of aromatic nitrogens is 3. The van der Waals surface area contributed by atoms with Gasteiger partial charge in [0.05, 0.1) is 23.4 Å². The predicted octanol–water partition coefficient (Wildman–Crippen LogP) is 1.89. The number of rotatable bonds is 5. The highest BCUT2D eigenvalue weighted by molar-refractivity contribution is 5.85. The fourth-order valence-electron chi connectivity index (χ4n) is 1.92. The van der Waals surface area contributed by atoms with E-state index in [1.807, 2.05) is 0 Å². The first-order valence-electron chi connectivity index (χ1n) is 12.4. The van der Waals surface area contributed by atoms with Gasteiger partial charge in [-0.3, -0.25) is 4.79 Å². The van der Waals surface area contributed by atoms with Gasteiger partial charge in [0.1, 0.15) is 12.7 Å². The van der Waals surface area contributed by atoms with Crippen LogP contribution in [0.25, 0.3) is 0 Å². The molecule has 0 saturated heterocycles. The predicted molar refractivity (Wildman–Crippen MR) is 86.4 cm³/mol. The van der Waals surface area contributed by atoms with Crippen LogP contribution in [0.2, 0.25) is 0 Å². The number of primary amides is 1. The summed E-state index contributed by atoms with van der Waals surface area (Å²) < 4.78 is 95.8. The van der Waals surface area contributed by atoms with Gasteiger partial charge in [-0.1, -0.05) is 18.2 Å². The molecule has 2 rings (SSSR count). The molecule has 2 N–H and O–H groups in total. The summed E-state index contributed by atoms with van der Waals surface area (Å²) in [6, 6.07) is 3.96. The topological polar surface area (TPSA) is 97.6 Å². The summed E-state index contributed by atoms with van der Waals surface area (Å²) in [4.78, 5) is 16.3. The van der Waals surface area contributed by atoms with Gasteiger partial charge in [0.2, 0.25) is 5.91 Å². The quantitative estimate of drug-likeness (QED) is 0.908. The Balaban J connectivity index is 3.13. The molecule has 0 unspecified atom stereocenters. The van der Waals surface area contributed by atoms with E-state index in [1.165, 1.54) is 17.1 Å². The number of amides is 1. The second kappa shape index (κ2) is 5.84. The van der Waals surface area contributed by atoms with Crippen LogP contribution in [0.5, 0.6) is 0 Å². The maximum atomic E-state index is 12.6. The molecule has 23 heavy (non-hydrogen) atoms. The van der Waals surface area contributed by atoms with Crippen LogP contribution in [0.3, 0.4) is 0 Å². The lowest BCUT2D eigenvalue weighted by Gasteiger charge is -2.25. The van der Waals surface area contributed by atoms with E-state index >= 15 is 0 Å². The molecule has 1 heterocycles. The standard InChI is InChI=1S/C17H21N5O/c1-16(2,9-18)13-5-12(8-22-11-20-10-21-22)6-14(7-13)17(3,4)15(19)23/h5-7,10-11H,8H2,1-4H3,(H2,19,23)/i1D3,2D3,3D3,4D3. The van der Waals surface area contributed by atoms with Gasteiger partial charge in [-0.05, 0) is 44.1 Å². The summed E-state index contributed by atoms with van der Waals surface area (Å²) in [5, 5.41) is 13.7. The van der Waals surface area contributed by atoms with Crippen molar-refractivity contribution in [2.75, 3.05) is 0 Å². The highest BCUT2D eigenvalue weighted by Gasteiger charge is 2.30. The highest BCUT2D eigenvalue weighted by atomic mass is 16.1. The number of nitrogens with two attached hydrogens (primary N) is 1. The molecular weight excluding hydrogens is 290 g/mol. The highest BCUT2D eigenvalue weighted by Crippen LogP contribution is 2.30. The number of nitrogens with zero attached hydrogens (tertiary/aromatic N) is 4. The summed E-state index contributed by atoms with van der Waals surface area (Å²) in [6.45, 7) is -14.4. The minimum Gasteiger partial charge on any atom is -0.369 e. The van der Waals surface area contributed by atoms with Crippen molar-refractivity contribution in [1.82, 2.24) is 14.8 Å². The van der Waals surface area contributed by atoms with E-state index < -0.39 is 55.3 Å². The third kappa shape index (κ3) is 3.39. The van der Waals surface area contributed by atoms with E-state index in [0.29, 0.717) is 6.07 Å². The Morgan fingerprint density at radius 2 is 2.09 bits per heavy atom. The number of hydrogen-bond acceptors (Lipinski definition) is 4. The van der Waals surface area contributed by atoms with Crippen LogP contribution in [-0.2, 0) is 22.2 Å². The first kappa shape index (κ1) is 6.83. The van der Waals surface area contributed by atoms with Crippen LogP contribution in [-0.4, -0.2) is 20.7 Å². The van der Waals surface area contributed by atoms with Crippen molar-refractivity contribution < 1.29 is 21.2 Å². The van der Waals surface area contributed by atoms with E-state index in [4.69, 9.17) is 22.2 Å². The van der Waals surface area contributed by atoms with Crippen molar-refractivity contribution in [3.8, 4) is 6.07 Å². The summed E-state index contributed by atoms with van der Waals surface area (Å²) in [6.07, 6.45) is 2.38. The molecule has 0 saturated carbocycles. The Morgan fingerprint density at radius 1 is 1.35 bits per heavy atom. The molecule has 2 aromatic rings. The summed E-state index contributed by atoms with van der Waals surface area (Å²) in [5.41, 5.74) is -2.78. The van der Waals surface area contributed by atoms with Gasteiger partial charge >= 0.3 is 0 Å². The number of hydrogen-bond donors (Lipinski definition) is 1. The van der Waals surface area contributed by atoms with Crippen LogP contribution in [0, 0.1) is 11.3 Å². The minimum atomic E-state index is -3.58. The third-order valence-corrected chi connectivity index (χ3v) is 3.21. The molecule has 1 amide bonds. The van der Waals surface area contributed by atoms with Crippen LogP contribution in [0.4, 0.5) is 0 Å². The third-order valence-electron chi connectivity index (χ3n) is 3.21. The molecule has 0 atom stereocenters. The molecule has 0 fully saturated rings. The molecule has 1 aromatic carbocycles. The molecule has 0 radical (unpaired) electrons. The molecular formula is C17H21N5O. The second-order valence-corrected chi connectivity index (χ2v) is 4.99. The van der Waals surface area contributed by atoms with Crippen molar-refractivity contribution in [2.24, 2.45) is 5.73 Å². The Labute approximate surface area is 152 Å². The Morgan fingerprint density at radius 3 is 2.61 bits per heavy atom. The van der Waals surface area contributed by atoms with Gasteiger partial charge in [-0.15, -0.1) is 0 Å². The summed E-state index contributed by atoms with van der Waals surface area (Å²) in [5.74, 6) is -1.77. The van der Waals surface area contributed by atoms with Crippen LogP contribution in [0.15, 0.2) is 30.9 Å². The Hall–Kier alpha value is -2.68. The fraction of sp³-hybridized carbons (Fsp3) is 0.412. The molecule has 120 valence electrons. The molecule has 6 heteroatoms. The van der Waals surface area contributed by atoms with E-state index in [2.05, 4.69) is 10.1 Å². The molecule has 6 nitrogen and oxygen atoms in total. The molecule has 0 bridgehead atoms. The zero-order valence-electron chi connectivity index (χ0n) is 23.9. The number of carbonyl (C=O) groups excluding carboxylic acids is 1. The van der Waals surface area contributed by atoms with Gasteiger partial charge < -0.3 is 5.73 Å². The monoisotopic (exact) mass is 323 g/mol. The molecule has 0 spiro atoms. The average molecular weight is 323 g/mol. The largest absolute Gasteiger partial charge is 0.369 e. The lowest BCUT2D eigenvalue weighted by molar-refractivity contribution is -0.122. The Kier molecular flexibility index (Phi) is 1.73. The van der Waals surface area contributed by atoms with Gasteiger partial charge in [0.25, 0.3) is 0 Å². The molecule has 1 aromatic heterocycles. The molecule has 0 aliphatic carbocycles. The zero-order chi connectivity index (χ0) is 27.3. The SMILES string of the molecule is [2H]C([2H])([2H])C(C#N)(c1cc(Cn2cncn2)cc(C(C(N)=O)(C([2H])([2H])[2H])C([2H])([2H])[2H])c1)C([2H])([2H])[2H]. The van der Waals surface area contributed by atoms with E-state index in [9.17, 15) is 10.1 Å². The number of nitriles is 1. The van der Waals surface area contributed by atoms with Crippen molar-refractivity contribution >= 4 is 5.91 Å². The minimum absolute atomic E-state index is 0.0461. The fourth-order valence-corrected chi connectivity index (χ4v) is 1.92. The first-order chi connectivity index (χ1) is 15.7. The normalized spacial score (nSPS) is 21.9. The van der Waals surface area contributed by atoms with Crippen molar-refractivity contribution in [2.45, 2.75) is 44.8 Å². The van der Waals surface area contributed by atoms with Gasteiger partial charge in [0, 0.05) is 16.4 Å². The first-order valence-corrected chi connectivity index (χ1v) is 6.35. The lowest BCUT2D eigenvalue weighted by Crippen LogP contribution is -2.36.